The summed E-state index contributed by atoms with van der Waals surface area (Å²) in [5.41, 5.74) is 0. The highest BCUT2D eigenvalue weighted by Crippen LogP contribution is 2.10. The largest absolute Gasteiger partial charge is 0.389 e. The molecular weight excluding hydrogens is 182 g/mol. The van der Waals surface area contributed by atoms with Crippen LogP contribution in [-0.4, -0.2) is 50.2 Å². The first-order chi connectivity index (χ1) is 6.83. The maximum Gasteiger partial charge on any atom is 0.0897 e. The van der Waals surface area contributed by atoms with Gasteiger partial charge in [-0.25, -0.2) is 0 Å². The van der Waals surface area contributed by atoms with E-state index >= 15 is 0 Å². The predicted molar refractivity (Wildman–Crippen MR) is 54.3 cm³/mol. The molecule has 1 rings (SSSR count). The van der Waals surface area contributed by atoms with Gasteiger partial charge in [-0.1, -0.05) is 0 Å². The van der Waals surface area contributed by atoms with E-state index in [4.69, 9.17) is 9.47 Å². The minimum Gasteiger partial charge on any atom is -0.389 e. The summed E-state index contributed by atoms with van der Waals surface area (Å²) in [6.45, 7) is 5.29. The fourth-order valence-corrected chi connectivity index (χ4v) is 1.53. The van der Waals surface area contributed by atoms with Gasteiger partial charge in [0.25, 0.3) is 0 Å². The molecule has 0 spiro atoms. The number of hydrogen-bond donors (Lipinski definition) is 2. The van der Waals surface area contributed by atoms with Crippen molar-refractivity contribution >= 4 is 0 Å². The molecule has 0 bridgehead atoms. The molecule has 2 atom stereocenters. The third kappa shape index (κ3) is 4.91. The monoisotopic (exact) mass is 203 g/mol. The Balaban J connectivity index is 1.91. The van der Waals surface area contributed by atoms with Gasteiger partial charge in [0.15, 0.2) is 0 Å². The summed E-state index contributed by atoms with van der Waals surface area (Å²) in [7, 11) is 0. The van der Waals surface area contributed by atoms with Crippen molar-refractivity contribution in [2.24, 2.45) is 0 Å². The van der Waals surface area contributed by atoms with Crippen LogP contribution >= 0.6 is 0 Å². The first-order valence-corrected chi connectivity index (χ1v) is 5.41. The Morgan fingerprint density at radius 2 is 2.50 bits per heavy atom. The topological polar surface area (TPSA) is 50.7 Å². The Labute approximate surface area is 85.6 Å². The van der Waals surface area contributed by atoms with Crippen molar-refractivity contribution in [2.45, 2.75) is 32.0 Å². The average molecular weight is 203 g/mol. The summed E-state index contributed by atoms with van der Waals surface area (Å²) in [5.74, 6) is 0. The second-order valence-electron chi connectivity index (χ2n) is 3.61. The summed E-state index contributed by atoms with van der Waals surface area (Å²) < 4.78 is 10.5. The van der Waals surface area contributed by atoms with Crippen LogP contribution in [0.4, 0.5) is 0 Å². The van der Waals surface area contributed by atoms with Gasteiger partial charge in [0.05, 0.1) is 18.8 Å². The van der Waals surface area contributed by atoms with Crippen molar-refractivity contribution in [1.82, 2.24) is 5.32 Å². The van der Waals surface area contributed by atoms with Crippen LogP contribution in [0.5, 0.6) is 0 Å². The van der Waals surface area contributed by atoms with E-state index in [1.54, 1.807) is 0 Å². The summed E-state index contributed by atoms with van der Waals surface area (Å²) in [6, 6.07) is 0. The highest BCUT2D eigenvalue weighted by atomic mass is 16.5. The molecule has 0 amide bonds. The fourth-order valence-electron chi connectivity index (χ4n) is 1.53. The number of nitrogens with one attached hydrogen (secondary N) is 1. The van der Waals surface area contributed by atoms with E-state index in [-0.39, 0.29) is 0 Å². The van der Waals surface area contributed by atoms with Gasteiger partial charge in [-0.2, -0.15) is 0 Å². The lowest BCUT2D eigenvalue weighted by Crippen LogP contribution is -2.35. The Morgan fingerprint density at radius 1 is 1.64 bits per heavy atom. The molecule has 1 aliphatic heterocycles. The Bertz CT molecular complexity index is 137. The predicted octanol–water partition coefficient (Wildman–Crippen LogP) is 0.152. The lowest BCUT2D eigenvalue weighted by atomic mass is 10.2. The number of aliphatic hydroxyl groups is 1. The third-order valence-corrected chi connectivity index (χ3v) is 2.29. The van der Waals surface area contributed by atoms with Crippen LogP contribution < -0.4 is 5.32 Å². The Morgan fingerprint density at radius 3 is 3.14 bits per heavy atom. The average Bonchev–Trinajstić information content (AvgIpc) is 2.67. The van der Waals surface area contributed by atoms with Crippen LogP contribution in [0, 0.1) is 0 Å². The fraction of sp³-hybridized carbons (Fsp3) is 1.00. The van der Waals surface area contributed by atoms with Crippen molar-refractivity contribution in [2.75, 3.05) is 32.9 Å². The molecule has 2 N–H and O–H groups in total. The van der Waals surface area contributed by atoms with Crippen molar-refractivity contribution in [3.63, 3.8) is 0 Å². The van der Waals surface area contributed by atoms with E-state index in [0.717, 1.165) is 26.0 Å². The van der Waals surface area contributed by atoms with E-state index in [9.17, 15) is 5.11 Å². The molecule has 1 heterocycles. The van der Waals surface area contributed by atoms with Crippen LogP contribution in [0.15, 0.2) is 0 Å². The molecule has 0 radical (unpaired) electrons. The molecule has 0 aromatic carbocycles. The van der Waals surface area contributed by atoms with Crippen LogP contribution in [-0.2, 0) is 9.47 Å². The van der Waals surface area contributed by atoms with Gasteiger partial charge >= 0.3 is 0 Å². The maximum atomic E-state index is 9.43. The minimum atomic E-state index is -0.406. The van der Waals surface area contributed by atoms with Crippen LogP contribution in [0.25, 0.3) is 0 Å². The maximum absolute atomic E-state index is 9.43. The molecule has 1 fully saturated rings. The minimum absolute atomic E-state index is 0.342. The number of aliphatic hydroxyl groups excluding tert-OH is 1. The highest BCUT2D eigenvalue weighted by Gasteiger charge is 2.15. The van der Waals surface area contributed by atoms with Gasteiger partial charge in [-0.15, -0.1) is 0 Å². The highest BCUT2D eigenvalue weighted by molar-refractivity contribution is 4.68. The summed E-state index contributed by atoms with van der Waals surface area (Å²) in [5, 5.41) is 12.6. The molecule has 84 valence electrons. The smallest absolute Gasteiger partial charge is 0.0897 e. The molecule has 4 nitrogen and oxygen atoms in total. The first-order valence-electron chi connectivity index (χ1n) is 5.41. The molecule has 0 aliphatic carbocycles. The second kappa shape index (κ2) is 7.17. The van der Waals surface area contributed by atoms with Crippen molar-refractivity contribution in [1.29, 1.82) is 0 Å². The molecule has 4 heteroatoms. The van der Waals surface area contributed by atoms with Gasteiger partial charge < -0.3 is 19.9 Å². The van der Waals surface area contributed by atoms with Crippen molar-refractivity contribution in [3.05, 3.63) is 0 Å². The first kappa shape index (κ1) is 11.9. The lowest BCUT2D eigenvalue weighted by Gasteiger charge is -2.14. The standard InChI is InChI=1S/C10H21NO3/c1-2-13-8-9(12)6-11-7-10-4-3-5-14-10/h9-12H,2-8H2,1H3. The molecule has 1 saturated heterocycles. The Hall–Kier alpha value is -0.160. The quantitative estimate of drug-likeness (QED) is 0.618. The van der Waals surface area contributed by atoms with E-state index in [0.29, 0.717) is 25.9 Å². The van der Waals surface area contributed by atoms with Gasteiger partial charge in [0, 0.05) is 26.3 Å². The molecule has 0 saturated carbocycles. The number of ether oxygens (including phenoxy) is 2. The molecular formula is C10H21NO3. The van der Waals surface area contributed by atoms with Gasteiger partial charge in [0.2, 0.25) is 0 Å². The normalized spacial score (nSPS) is 24.0. The van der Waals surface area contributed by atoms with E-state index in [1.807, 2.05) is 6.92 Å². The summed E-state index contributed by atoms with van der Waals surface area (Å²) in [6.07, 6.45) is 2.23. The Kier molecular flexibility index (Phi) is 6.10. The summed E-state index contributed by atoms with van der Waals surface area (Å²) >= 11 is 0. The zero-order valence-corrected chi connectivity index (χ0v) is 8.87. The lowest BCUT2D eigenvalue weighted by molar-refractivity contribution is 0.0396. The zero-order chi connectivity index (χ0) is 10.2. The summed E-state index contributed by atoms with van der Waals surface area (Å²) in [4.78, 5) is 0. The van der Waals surface area contributed by atoms with Crippen LogP contribution in [0.3, 0.4) is 0 Å². The number of hydrogen-bond acceptors (Lipinski definition) is 4. The second-order valence-corrected chi connectivity index (χ2v) is 3.61. The molecule has 2 unspecified atom stereocenters. The van der Waals surface area contributed by atoms with E-state index < -0.39 is 6.10 Å². The molecule has 0 aromatic rings. The zero-order valence-electron chi connectivity index (χ0n) is 8.87. The number of rotatable bonds is 7. The van der Waals surface area contributed by atoms with Gasteiger partial charge in [0.1, 0.15) is 0 Å². The SMILES string of the molecule is CCOCC(O)CNCC1CCCO1. The van der Waals surface area contributed by atoms with Crippen LogP contribution in [0.1, 0.15) is 19.8 Å². The van der Waals surface area contributed by atoms with Gasteiger partial charge in [-0.3, -0.25) is 0 Å². The van der Waals surface area contributed by atoms with E-state index in [2.05, 4.69) is 5.32 Å². The van der Waals surface area contributed by atoms with Crippen LogP contribution in [0.2, 0.25) is 0 Å². The molecule has 1 aliphatic rings. The van der Waals surface area contributed by atoms with Crippen molar-refractivity contribution in [3.8, 4) is 0 Å². The van der Waals surface area contributed by atoms with Gasteiger partial charge in [-0.05, 0) is 19.8 Å². The third-order valence-electron chi connectivity index (χ3n) is 2.29. The molecule has 14 heavy (non-hydrogen) atoms. The van der Waals surface area contributed by atoms with E-state index in [1.165, 1.54) is 0 Å². The van der Waals surface area contributed by atoms with Crippen molar-refractivity contribution < 1.29 is 14.6 Å². The molecule has 0 aromatic heterocycles.